The number of hydrogen-bond acceptors (Lipinski definition) is 5. The zero-order chi connectivity index (χ0) is 18.2. The Bertz CT molecular complexity index is 1050. The van der Waals surface area contributed by atoms with Crippen molar-refractivity contribution in [2.75, 3.05) is 6.26 Å². The second kappa shape index (κ2) is 6.29. The molecular weight excluding hydrogens is 340 g/mol. The average Bonchev–Trinajstić information content (AvgIpc) is 2.90. The van der Waals surface area contributed by atoms with Gasteiger partial charge in [0.1, 0.15) is 0 Å². The molecule has 1 N–H and O–H groups in total. The Balaban J connectivity index is 2.03. The van der Waals surface area contributed by atoms with E-state index in [1.165, 1.54) is 11.8 Å². The summed E-state index contributed by atoms with van der Waals surface area (Å²) >= 11 is 0. The van der Waals surface area contributed by atoms with Crippen molar-refractivity contribution in [2.45, 2.75) is 20.4 Å². The third kappa shape index (κ3) is 3.85. The highest BCUT2D eigenvalue weighted by Gasteiger charge is 2.18. The van der Waals surface area contributed by atoms with Crippen LogP contribution in [0.1, 0.15) is 27.2 Å². The molecule has 130 valence electrons. The van der Waals surface area contributed by atoms with Crippen LogP contribution in [0.2, 0.25) is 0 Å². The highest BCUT2D eigenvalue weighted by molar-refractivity contribution is 7.89. The largest absolute Gasteiger partial charge is 0.268 e. The molecule has 0 bridgehead atoms. The van der Waals surface area contributed by atoms with E-state index >= 15 is 0 Å². The molecule has 2 heterocycles. The standard InChI is InChI=1S/C17H18N4O3S/c1-11-4-6-13(7-5-11)10-21-16-15(9-18-21)14(8-12(2)19-16)17(22)20-25(3,23)24/h4-9H,10H2,1-3H3,(H,20,22). The van der Waals surface area contributed by atoms with E-state index in [4.69, 9.17) is 0 Å². The Morgan fingerprint density at radius 3 is 2.52 bits per heavy atom. The number of pyridine rings is 1. The van der Waals surface area contributed by atoms with Crippen molar-refractivity contribution in [2.24, 2.45) is 0 Å². The van der Waals surface area contributed by atoms with Gasteiger partial charge in [-0.1, -0.05) is 29.8 Å². The monoisotopic (exact) mass is 358 g/mol. The number of aryl methyl sites for hydroxylation is 2. The highest BCUT2D eigenvalue weighted by Crippen LogP contribution is 2.19. The van der Waals surface area contributed by atoms with Crippen LogP contribution in [-0.2, 0) is 16.6 Å². The van der Waals surface area contributed by atoms with Crippen LogP contribution in [0.5, 0.6) is 0 Å². The van der Waals surface area contributed by atoms with Crippen molar-refractivity contribution < 1.29 is 13.2 Å². The summed E-state index contributed by atoms with van der Waals surface area (Å²) in [5, 5.41) is 4.83. The average molecular weight is 358 g/mol. The van der Waals surface area contributed by atoms with Gasteiger partial charge in [-0.3, -0.25) is 4.79 Å². The second-order valence-electron chi connectivity index (χ2n) is 6.04. The normalized spacial score (nSPS) is 11.6. The highest BCUT2D eigenvalue weighted by atomic mass is 32.2. The molecule has 7 nitrogen and oxygen atoms in total. The number of fused-ring (bicyclic) bond motifs is 1. The quantitative estimate of drug-likeness (QED) is 0.767. The van der Waals surface area contributed by atoms with Crippen molar-refractivity contribution >= 4 is 27.0 Å². The minimum Gasteiger partial charge on any atom is -0.268 e. The number of carbonyl (C=O) groups excluding carboxylic acids is 1. The van der Waals surface area contributed by atoms with Gasteiger partial charge in [0.05, 0.1) is 29.9 Å². The summed E-state index contributed by atoms with van der Waals surface area (Å²) in [4.78, 5) is 16.7. The molecular formula is C17H18N4O3S. The lowest BCUT2D eigenvalue weighted by atomic mass is 10.1. The molecule has 1 amide bonds. The van der Waals surface area contributed by atoms with Crippen molar-refractivity contribution in [3.63, 3.8) is 0 Å². The summed E-state index contributed by atoms with van der Waals surface area (Å²) in [5.41, 5.74) is 3.61. The maximum Gasteiger partial charge on any atom is 0.265 e. The Kier molecular flexibility index (Phi) is 4.30. The number of nitrogens with zero attached hydrogens (tertiary/aromatic N) is 3. The first-order valence-electron chi connectivity index (χ1n) is 7.64. The molecule has 0 aliphatic rings. The van der Waals surface area contributed by atoms with E-state index < -0.39 is 15.9 Å². The van der Waals surface area contributed by atoms with Gasteiger partial charge in [-0.15, -0.1) is 0 Å². The molecule has 0 radical (unpaired) electrons. The maximum atomic E-state index is 12.3. The summed E-state index contributed by atoms with van der Waals surface area (Å²) in [6, 6.07) is 9.61. The van der Waals surface area contributed by atoms with Gasteiger partial charge >= 0.3 is 0 Å². The SMILES string of the molecule is Cc1ccc(Cn2ncc3c(C(=O)NS(C)(=O)=O)cc(C)nc32)cc1. The molecule has 0 unspecified atom stereocenters. The first-order valence-corrected chi connectivity index (χ1v) is 9.53. The molecule has 25 heavy (non-hydrogen) atoms. The van der Waals surface area contributed by atoms with E-state index in [-0.39, 0.29) is 5.56 Å². The van der Waals surface area contributed by atoms with Crippen LogP contribution in [0.15, 0.2) is 36.5 Å². The predicted octanol–water partition coefficient (Wildman–Crippen LogP) is 1.79. The van der Waals surface area contributed by atoms with Gasteiger partial charge < -0.3 is 0 Å². The van der Waals surface area contributed by atoms with Crippen LogP contribution in [0.3, 0.4) is 0 Å². The van der Waals surface area contributed by atoms with Crippen LogP contribution in [0, 0.1) is 13.8 Å². The number of rotatable bonds is 4. The third-order valence-corrected chi connectivity index (χ3v) is 4.27. The number of aromatic nitrogens is 3. The summed E-state index contributed by atoms with van der Waals surface area (Å²) in [5.74, 6) is -0.687. The number of nitrogens with one attached hydrogen (secondary N) is 1. The summed E-state index contributed by atoms with van der Waals surface area (Å²) in [6.07, 6.45) is 2.48. The molecule has 1 aromatic carbocycles. The minimum absolute atomic E-state index is 0.239. The molecule has 3 rings (SSSR count). The van der Waals surface area contributed by atoms with Gasteiger partial charge in [0, 0.05) is 5.69 Å². The van der Waals surface area contributed by atoms with Gasteiger partial charge in [-0.25, -0.2) is 22.8 Å². The van der Waals surface area contributed by atoms with Crippen molar-refractivity contribution in [1.29, 1.82) is 0 Å². The smallest absolute Gasteiger partial charge is 0.265 e. The summed E-state index contributed by atoms with van der Waals surface area (Å²) in [7, 11) is -3.65. The second-order valence-corrected chi connectivity index (χ2v) is 7.79. The number of amides is 1. The molecule has 0 saturated heterocycles. The fourth-order valence-corrected chi connectivity index (χ4v) is 3.01. The zero-order valence-electron chi connectivity index (χ0n) is 14.1. The zero-order valence-corrected chi connectivity index (χ0v) is 15.0. The summed E-state index contributed by atoms with van der Waals surface area (Å²) < 4.78 is 26.4. The molecule has 0 fully saturated rings. The topological polar surface area (TPSA) is 94.0 Å². The Labute approximate surface area is 145 Å². The molecule has 3 aromatic rings. The van der Waals surface area contributed by atoms with Gasteiger partial charge in [-0.05, 0) is 25.5 Å². The van der Waals surface area contributed by atoms with Gasteiger partial charge in [-0.2, -0.15) is 5.10 Å². The van der Waals surface area contributed by atoms with E-state index in [1.54, 1.807) is 17.7 Å². The Hall–Kier alpha value is -2.74. The van der Waals surface area contributed by atoms with Crippen molar-refractivity contribution in [1.82, 2.24) is 19.5 Å². The lowest BCUT2D eigenvalue weighted by Crippen LogP contribution is -2.29. The molecule has 0 aliphatic heterocycles. The van der Waals surface area contributed by atoms with E-state index in [1.807, 2.05) is 35.9 Å². The van der Waals surface area contributed by atoms with Gasteiger partial charge in [0.2, 0.25) is 10.0 Å². The van der Waals surface area contributed by atoms with Crippen molar-refractivity contribution in [3.8, 4) is 0 Å². The van der Waals surface area contributed by atoms with Crippen LogP contribution in [-0.4, -0.2) is 35.3 Å². The van der Waals surface area contributed by atoms with E-state index in [0.29, 0.717) is 23.3 Å². The van der Waals surface area contributed by atoms with E-state index in [0.717, 1.165) is 11.8 Å². The van der Waals surface area contributed by atoms with Gasteiger partial charge in [0.15, 0.2) is 5.65 Å². The molecule has 8 heteroatoms. The Morgan fingerprint density at radius 1 is 1.20 bits per heavy atom. The van der Waals surface area contributed by atoms with Crippen LogP contribution >= 0.6 is 0 Å². The third-order valence-electron chi connectivity index (χ3n) is 3.71. The van der Waals surface area contributed by atoms with E-state index in [2.05, 4.69) is 10.1 Å². The predicted molar refractivity (Wildman–Crippen MR) is 94.9 cm³/mol. The molecule has 0 aliphatic carbocycles. The first kappa shape index (κ1) is 17.1. The number of hydrogen-bond donors (Lipinski definition) is 1. The first-order chi connectivity index (χ1) is 11.7. The Morgan fingerprint density at radius 2 is 1.88 bits per heavy atom. The van der Waals surface area contributed by atoms with E-state index in [9.17, 15) is 13.2 Å². The summed E-state index contributed by atoms with van der Waals surface area (Å²) in [6.45, 7) is 4.28. The van der Waals surface area contributed by atoms with Crippen LogP contribution in [0.25, 0.3) is 11.0 Å². The lowest BCUT2D eigenvalue weighted by molar-refractivity contribution is 0.0983. The molecule has 2 aromatic heterocycles. The molecule has 0 spiro atoms. The fraction of sp³-hybridized carbons (Fsp3) is 0.235. The minimum atomic E-state index is -3.65. The number of sulfonamides is 1. The van der Waals surface area contributed by atoms with Crippen LogP contribution < -0.4 is 4.72 Å². The molecule has 0 saturated carbocycles. The fourth-order valence-electron chi connectivity index (χ4n) is 2.57. The number of carbonyl (C=O) groups is 1. The molecule has 0 atom stereocenters. The van der Waals surface area contributed by atoms with Gasteiger partial charge in [0.25, 0.3) is 5.91 Å². The lowest BCUT2D eigenvalue weighted by Gasteiger charge is -2.07. The van der Waals surface area contributed by atoms with Crippen molar-refractivity contribution in [3.05, 3.63) is 58.9 Å². The maximum absolute atomic E-state index is 12.3. The van der Waals surface area contributed by atoms with Crippen LogP contribution in [0.4, 0.5) is 0 Å². The number of benzene rings is 1.